The van der Waals surface area contributed by atoms with Crippen LogP contribution in [0.2, 0.25) is 0 Å². The number of rotatable bonds is 5. The molecule has 14 nitrogen and oxygen atoms in total. The Balaban J connectivity index is 0.00000148. The number of carbonyl (C=O) groups is 3. The predicted octanol–water partition coefficient (Wildman–Crippen LogP) is 2.39. The minimum Gasteiger partial charge on any atom is -0.493 e. The van der Waals surface area contributed by atoms with Crippen LogP contribution in [0.1, 0.15) is 42.1 Å². The number of carbonyl (C=O) groups excluding carboxylic acids is 2. The van der Waals surface area contributed by atoms with Crippen molar-refractivity contribution in [3.8, 4) is 17.2 Å². The van der Waals surface area contributed by atoms with Crippen molar-refractivity contribution in [2.24, 2.45) is 5.92 Å². The van der Waals surface area contributed by atoms with Crippen LogP contribution in [0.5, 0.6) is 17.2 Å². The van der Waals surface area contributed by atoms with Gasteiger partial charge >= 0.3 is 0 Å². The van der Waals surface area contributed by atoms with E-state index in [1.165, 1.54) is 6.20 Å². The minimum atomic E-state index is -0.250. The molecule has 244 valence electrons. The molecule has 1 aromatic carbocycles. The number of H-pyrrole nitrogens is 1. The topological polar surface area (TPSA) is 162 Å². The first kappa shape index (κ1) is 33.3. The molecule has 2 aliphatic heterocycles. The Morgan fingerprint density at radius 2 is 1.89 bits per heavy atom. The molecule has 1 fully saturated rings. The molecule has 2 aromatic heterocycles. The number of ether oxygens (including phenoxy) is 3. The van der Waals surface area contributed by atoms with Gasteiger partial charge in [-0.3, -0.25) is 24.4 Å². The van der Waals surface area contributed by atoms with Gasteiger partial charge in [0.05, 0.1) is 38.6 Å². The largest absolute Gasteiger partial charge is 0.493 e. The van der Waals surface area contributed by atoms with E-state index in [9.17, 15) is 9.59 Å². The highest BCUT2D eigenvalue weighted by atomic mass is 16.5. The summed E-state index contributed by atoms with van der Waals surface area (Å²) in [5.41, 5.74) is 2.31. The number of methoxy groups -OCH3 is 3. The Bertz CT molecular complexity index is 1450. The number of pyridine rings is 1. The van der Waals surface area contributed by atoms with Crippen LogP contribution in [0.4, 0.5) is 5.82 Å². The van der Waals surface area contributed by atoms with Crippen LogP contribution in [0.25, 0.3) is 10.9 Å². The lowest BCUT2D eigenvalue weighted by Crippen LogP contribution is -2.42. The van der Waals surface area contributed by atoms with Gasteiger partial charge in [0, 0.05) is 75.4 Å². The molecule has 45 heavy (non-hydrogen) atoms. The summed E-state index contributed by atoms with van der Waals surface area (Å²) in [5.74, 6) is 2.70. The number of amides is 2. The third-order valence-electron chi connectivity index (χ3n) is 8.25. The maximum absolute atomic E-state index is 13.3. The summed E-state index contributed by atoms with van der Waals surface area (Å²) >= 11 is 0. The molecule has 14 heteroatoms. The molecule has 5 rings (SSSR count). The normalized spacial score (nSPS) is 18.0. The van der Waals surface area contributed by atoms with Gasteiger partial charge in [-0.2, -0.15) is 5.10 Å². The first-order valence-corrected chi connectivity index (χ1v) is 15.1. The van der Waals surface area contributed by atoms with Crippen LogP contribution in [-0.2, 0) is 16.1 Å². The highest BCUT2D eigenvalue weighted by Gasteiger charge is 2.27. The Kier molecular flexibility index (Phi) is 11.8. The summed E-state index contributed by atoms with van der Waals surface area (Å²) in [4.78, 5) is 46.1. The van der Waals surface area contributed by atoms with E-state index in [4.69, 9.17) is 29.1 Å². The Labute approximate surface area is 262 Å². The summed E-state index contributed by atoms with van der Waals surface area (Å²) in [6.07, 6.45) is 5.41. The van der Waals surface area contributed by atoms with Crippen LogP contribution in [-0.4, -0.2) is 116 Å². The van der Waals surface area contributed by atoms with Gasteiger partial charge in [0.25, 0.3) is 12.4 Å². The molecule has 3 aromatic rings. The van der Waals surface area contributed by atoms with Gasteiger partial charge in [0.1, 0.15) is 5.82 Å². The van der Waals surface area contributed by atoms with Crippen LogP contribution >= 0.6 is 0 Å². The SMILES string of the molecule is CCN1CCN(C(=O)c2cn[nH]c2)CCC(=O)NCC2CCCN(C2)c2nc3cc(OC)c(OC)c(OC)c3cc2C1.O=CO. The fourth-order valence-electron chi connectivity index (χ4n) is 5.94. The lowest BCUT2D eigenvalue weighted by atomic mass is 9.97. The molecule has 2 aliphatic rings. The van der Waals surface area contributed by atoms with E-state index in [1.54, 1.807) is 32.4 Å². The molecule has 1 atom stereocenters. The lowest BCUT2D eigenvalue weighted by molar-refractivity contribution is -0.123. The van der Waals surface area contributed by atoms with Crippen molar-refractivity contribution < 1.29 is 33.7 Å². The van der Waals surface area contributed by atoms with Crippen molar-refractivity contribution >= 4 is 35.0 Å². The molecule has 1 unspecified atom stereocenters. The molecular formula is C31H43N7O7. The van der Waals surface area contributed by atoms with E-state index < -0.39 is 0 Å². The van der Waals surface area contributed by atoms with Gasteiger partial charge in [-0.1, -0.05) is 6.92 Å². The third-order valence-corrected chi connectivity index (χ3v) is 8.25. The third kappa shape index (κ3) is 7.93. The van der Waals surface area contributed by atoms with Crippen molar-refractivity contribution in [2.75, 3.05) is 72.0 Å². The van der Waals surface area contributed by atoms with Crippen LogP contribution in [0.3, 0.4) is 0 Å². The number of aromatic amines is 1. The summed E-state index contributed by atoms with van der Waals surface area (Å²) < 4.78 is 17.1. The number of hydrogen-bond acceptors (Lipinski definition) is 10. The highest BCUT2D eigenvalue weighted by molar-refractivity contribution is 5.94. The fraction of sp³-hybridized carbons (Fsp3) is 0.516. The fourth-order valence-corrected chi connectivity index (χ4v) is 5.94. The number of hydrogen-bond donors (Lipinski definition) is 3. The van der Waals surface area contributed by atoms with Crippen LogP contribution in [0, 0.1) is 5.92 Å². The van der Waals surface area contributed by atoms with Gasteiger partial charge in [0.15, 0.2) is 11.5 Å². The van der Waals surface area contributed by atoms with Crippen LogP contribution in [0.15, 0.2) is 24.5 Å². The van der Waals surface area contributed by atoms with Gasteiger partial charge in [-0.25, -0.2) is 4.98 Å². The van der Waals surface area contributed by atoms with Crippen molar-refractivity contribution in [2.45, 2.75) is 32.7 Å². The zero-order valence-electron chi connectivity index (χ0n) is 26.4. The van der Waals surface area contributed by atoms with Crippen molar-refractivity contribution in [3.05, 3.63) is 35.7 Å². The highest BCUT2D eigenvalue weighted by Crippen LogP contribution is 2.44. The molecule has 0 saturated carbocycles. The van der Waals surface area contributed by atoms with E-state index in [2.05, 4.69) is 38.3 Å². The summed E-state index contributed by atoms with van der Waals surface area (Å²) in [6.45, 7) is 7.00. The predicted molar refractivity (Wildman–Crippen MR) is 168 cm³/mol. The molecule has 1 saturated heterocycles. The van der Waals surface area contributed by atoms with Gasteiger partial charge in [-0.05, 0) is 31.4 Å². The number of benzene rings is 1. The summed E-state index contributed by atoms with van der Waals surface area (Å²) in [7, 11) is 4.83. The van der Waals surface area contributed by atoms with Crippen molar-refractivity contribution in [1.29, 1.82) is 0 Å². The van der Waals surface area contributed by atoms with E-state index in [0.29, 0.717) is 61.5 Å². The van der Waals surface area contributed by atoms with E-state index >= 15 is 0 Å². The number of aromatic nitrogens is 3. The maximum Gasteiger partial charge on any atom is 0.290 e. The first-order valence-electron chi connectivity index (χ1n) is 15.1. The molecule has 0 aliphatic carbocycles. The minimum absolute atomic E-state index is 0.0445. The Morgan fingerprint density at radius 1 is 1.11 bits per heavy atom. The van der Waals surface area contributed by atoms with E-state index in [0.717, 1.165) is 54.8 Å². The number of nitrogens with zero attached hydrogens (tertiary/aromatic N) is 5. The smallest absolute Gasteiger partial charge is 0.290 e. The second-order valence-electron chi connectivity index (χ2n) is 10.9. The monoisotopic (exact) mass is 625 g/mol. The summed E-state index contributed by atoms with van der Waals surface area (Å²) in [6, 6.07) is 4.05. The average Bonchev–Trinajstić information content (AvgIpc) is 3.60. The van der Waals surface area contributed by atoms with Crippen molar-refractivity contribution in [1.82, 2.24) is 30.3 Å². The quantitative estimate of drug-likeness (QED) is 0.357. The zero-order valence-corrected chi connectivity index (χ0v) is 26.4. The number of nitrogens with one attached hydrogen (secondary N) is 2. The van der Waals surface area contributed by atoms with Gasteiger partial charge in [0.2, 0.25) is 11.7 Å². The maximum atomic E-state index is 13.3. The van der Waals surface area contributed by atoms with Crippen LogP contribution < -0.4 is 24.4 Å². The molecule has 0 spiro atoms. The molecule has 2 amide bonds. The number of likely N-dealkylation sites (N-methyl/N-ethyl adjacent to an activating group) is 1. The summed E-state index contributed by atoms with van der Waals surface area (Å²) in [5, 5.41) is 17.5. The standard InChI is InChI=1S/C30H41N7O5.CH2O2/c1-5-35-11-12-36(30(39)22-16-32-33-17-22)10-8-26(38)31-15-20-7-6-9-37(18-20)29-21(19-35)13-23-24(34-29)14-25(40-2)28(42-4)27(23)41-3;2-1-3/h13-14,16-17,20H,5-12,15,18-19H2,1-4H3,(H,31,38)(H,32,33);1H,(H,2,3). The number of carboxylic acid groups (broad SMARTS) is 1. The Morgan fingerprint density at radius 3 is 2.56 bits per heavy atom. The number of fused-ring (bicyclic) bond motifs is 5. The zero-order chi connectivity index (χ0) is 32.3. The molecular weight excluding hydrogens is 582 g/mol. The first-order chi connectivity index (χ1) is 21.9. The van der Waals surface area contributed by atoms with E-state index in [1.807, 2.05) is 6.07 Å². The number of piperidine rings is 1. The van der Waals surface area contributed by atoms with Crippen molar-refractivity contribution in [3.63, 3.8) is 0 Å². The number of anilines is 1. The van der Waals surface area contributed by atoms with E-state index in [-0.39, 0.29) is 24.7 Å². The second-order valence-corrected chi connectivity index (χ2v) is 10.9. The molecule has 4 heterocycles. The molecule has 0 radical (unpaired) electrons. The molecule has 2 bridgehead atoms. The Hall–Kier alpha value is -4.59. The average molecular weight is 626 g/mol. The second kappa shape index (κ2) is 15.9. The lowest BCUT2D eigenvalue weighted by Gasteiger charge is -2.35. The molecule has 3 N–H and O–H groups in total. The van der Waals surface area contributed by atoms with Gasteiger partial charge < -0.3 is 34.4 Å². The van der Waals surface area contributed by atoms with Gasteiger partial charge in [-0.15, -0.1) is 0 Å².